The molecule has 94 valence electrons. The fourth-order valence-corrected chi connectivity index (χ4v) is 1.59. The van der Waals surface area contributed by atoms with Crippen molar-refractivity contribution < 1.29 is 18.3 Å². The number of carbonyl (C=O) groups excluding carboxylic acids is 1. The van der Waals surface area contributed by atoms with Crippen LogP contribution in [-0.4, -0.2) is 56.6 Å². The van der Waals surface area contributed by atoms with E-state index >= 15 is 0 Å². The fourth-order valence-electron chi connectivity index (χ4n) is 1.59. The molecule has 4 nitrogen and oxygen atoms in total. The van der Waals surface area contributed by atoms with Crippen molar-refractivity contribution in [1.29, 1.82) is 0 Å². The Morgan fingerprint density at radius 2 is 2.06 bits per heavy atom. The van der Waals surface area contributed by atoms with Crippen LogP contribution in [0.2, 0.25) is 0 Å². The van der Waals surface area contributed by atoms with E-state index in [1.165, 1.54) is 0 Å². The number of nitrogens with one attached hydrogen (secondary N) is 1. The van der Waals surface area contributed by atoms with Crippen LogP contribution in [0.5, 0.6) is 0 Å². The summed E-state index contributed by atoms with van der Waals surface area (Å²) in [5, 5.41) is 2.87. The van der Waals surface area contributed by atoms with Crippen LogP contribution in [0.3, 0.4) is 0 Å². The number of amides is 1. The number of alkyl halides is 2. The zero-order valence-electron chi connectivity index (χ0n) is 9.25. The highest BCUT2D eigenvalue weighted by atomic mass is 19.3. The van der Waals surface area contributed by atoms with Crippen molar-refractivity contribution >= 4 is 5.91 Å². The molecule has 0 aromatic carbocycles. The number of rotatable bonds is 7. The summed E-state index contributed by atoms with van der Waals surface area (Å²) in [6.45, 7) is 2.02. The highest BCUT2D eigenvalue weighted by Gasteiger charge is 2.16. The van der Waals surface area contributed by atoms with Crippen LogP contribution in [-0.2, 0) is 9.53 Å². The molecule has 1 aliphatic heterocycles. The predicted octanol–water partition coefficient (Wildman–Crippen LogP) is 0.480. The van der Waals surface area contributed by atoms with Crippen LogP contribution in [0.25, 0.3) is 0 Å². The third kappa shape index (κ3) is 5.37. The lowest BCUT2D eigenvalue weighted by Crippen LogP contribution is -2.37. The number of nitrogens with zero attached hydrogens (tertiary/aromatic N) is 1. The van der Waals surface area contributed by atoms with Gasteiger partial charge in [-0.25, -0.2) is 8.78 Å². The molecule has 1 amide bonds. The molecule has 16 heavy (non-hydrogen) atoms. The number of halogens is 2. The second-order valence-electron chi connectivity index (χ2n) is 3.73. The van der Waals surface area contributed by atoms with Crippen molar-refractivity contribution in [2.24, 2.45) is 0 Å². The van der Waals surface area contributed by atoms with Gasteiger partial charge in [0.05, 0.1) is 13.2 Å². The molecule has 0 unspecified atom stereocenters. The summed E-state index contributed by atoms with van der Waals surface area (Å²) in [5.41, 5.74) is 0. The van der Waals surface area contributed by atoms with Gasteiger partial charge in [-0.2, -0.15) is 0 Å². The lowest BCUT2D eigenvalue weighted by atomic mass is 10.4. The zero-order valence-corrected chi connectivity index (χ0v) is 9.25. The van der Waals surface area contributed by atoms with Gasteiger partial charge in [0.2, 0.25) is 5.91 Å². The molecule has 0 aliphatic carbocycles. The molecule has 1 saturated heterocycles. The number of hydrogen-bond acceptors (Lipinski definition) is 3. The van der Waals surface area contributed by atoms with Gasteiger partial charge in [0, 0.05) is 19.6 Å². The van der Waals surface area contributed by atoms with Crippen molar-refractivity contribution in [2.45, 2.75) is 19.3 Å². The molecular formula is C10H18F2N2O2. The molecule has 0 saturated carbocycles. The Hall–Kier alpha value is -0.750. The monoisotopic (exact) mass is 236 g/mol. The van der Waals surface area contributed by atoms with Crippen molar-refractivity contribution in [3.63, 3.8) is 0 Å². The summed E-state index contributed by atoms with van der Waals surface area (Å²) in [7, 11) is 0. The summed E-state index contributed by atoms with van der Waals surface area (Å²) in [6.07, 6.45) is -0.279. The zero-order chi connectivity index (χ0) is 11.8. The Kier molecular flexibility index (Phi) is 6.25. The number of carbonyl (C=O) groups is 1. The lowest BCUT2D eigenvalue weighted by Gasteiger charge is -2.15. The molecule has 1 rings (SSSR count). The van der Waals surface area contributed by atoms with Gasteiger partial charge in [-0.05, 0) is 12.8 Å². The van der Waals surface area contributed by atoms with Gasteiger partial charge < -0.3 is 15.0 Å². The molecule has 1 aliphatic rings. The van der Waals surface area contributed by atoms with Crippen molar-refractivity contribution in [3.8, 4) is 0 Å². The first-order chi connectivity index (χ1) is 7.70. The van der Waals surface area contributed by atoms with Gasteiger partial charge in [0.15, 0.2) is 0 Å². The van der Waals surface area contributed by atoms with E-state index in [-0.39, 0.29) is 19.1 Å². The van der Waals surface area contributed by atoms with Gasteiger partial charge in [-0.1, -0.05) is 0 Å². The third-order valence-electron chi connectivity index (χ3n) is 2.40. The van der Waals surface area contributed by atoms with E-state index in [2.05, 4.69) is 10.1 Å². The standard InChI is InChI=1S/C10H18F2N2O2/c11-9(12)8-16-6-3-13-7-10(15)14-4-1-2-5-14/h9,13H,1-8H2. The van der Waals surface area contributed by atoms with Crippen molar-refractivity contribution in [1.82, 2.24) is 10.2 Å². The van der Waals surface area contributed by atoms with Crippen molar-refractivity contribution in [2.75, 3.05) is 39.4 Å². The van der Waals surface area contributed by atoms with Crippen LogP contribution in [0.4, 0.5) is 8.78 Å². The maximum absolute atomic E-state index is 11.7. The minimum atomic E-state index is -2.42. The van der Waals surface area contributed by atoms with Crippen molar-refractivity contribution in [3.05, 3.63) is 0 Å². The van der Waals surface area contributed by atoms with E-state index in [1.807, 2.05) is 4.90 Å². The molecule has 0 spiro atoms. The highest BCUT2D eigenvalue weighted by Crippen LogP contribution is 2.06. The Bertz CT molecular complexity index is 209. The Morgan fingerprint density at radius 1 is 1.38 bits per heavy atom. The van der Waals surface area contributed by atoms with Gasteiger partial charge in [-0.15, -0.1) is 0 Å². The minimum Gasteiger partial charge on any atom is -0.374 e. The smallest absolute Gasteiger partial charge is 0.261 e. The van der Waals surface area contributed by atoms with E-state index in [1.54, 1.807) is 0 Å². The second kappa shape index (κ2) is 7.51. The van der Waals surface area contributed by atoms with Gasteiger partial charge >= 0.3 is 0 Å². The maximum atomic E-state index is 11.7. The summed E-state index contributed by atoms with van der Waals surface area (Å²) >= 11 is 0. The van der Waals surface area contributed by atoms with Crippen LogP contribution in [0, 0.1) is 0 Å². The quantitative estimate of drug-likeness (QED) is 0.654. The summed E-state index contributed by atoms with van der Waals surface area (Å²) in [4.78, 5) is 13.3. The number of ether oxygens (including phenoxy) is 1. The normalized spacial score (nSPS) is 16.1. The van der Waals surface area contributed by atoms with Gasteiger partial charge in [0.25, 0.3) is 6.43 Å². The van der Waals surface area contributed by atoms with Crippen LogP contribution in [0.1, 0.15) is 12.8 Å². The molecule has 1 heterocycles. The Labute approximate surface area is 93.9 Å². The summed E-state index contributed by atoms with van der Waals surface area (Å²) in [6, 6.07) is 0. The predicted molar refractivity (Wildman–Crippen MR) is 55.5 cm³/mol. The van der Waals surface area contributed by atoms with E-state index in [0.29, 0.717) is 6.54 Å². The van der Waals surface area contributed by atoms with E-state index in [4.69, 9.17) is 0 Å². The summed E-state index contributed by atoms with van der Waals surface area (Å²) in [5.74, 6) is 0.0753. The molecule has 0 radical (unpaired) electrons. The molecule has 0 aromatic rings. The molecule has 0 aromatic heterocycles. The minimum absolute atomic E-state index is 0.0753. The first kappa shape index (κ1) is 13.3. The molecule has 1 fully saturated rings. The molecule has 1 N–H and O–H groups in total. The SMILES string of the molecule is O=C(CNCCOCC(F)F)N1CCCC1. The van der Waals surface area contributed by atoms with E-state index in [0.717, 1.165) is 25.9 Å². The largest absolute Gasteiger partial charge is 0.374 e. The fraction of sp³-hybridized carbons (Fsp3) is 0.900. The lowest BCUT2D eigenvalue weighted by molar-refractivity contribution is -0.129. The maximum Gasteiger partial charge on any atom is 0.261 e. The molecule has 0 bridgehead atoms. The number of hydrogen-bond donors (Lipinski definition) is 1. The van der Waals surface area contributed by atoms with Crippen LogP contribution >= 0.6 is 0 Å². The molecule has 6 heteroatoms. The van der Waals surface area contributed by atoms with E-state index < -0.39 is 13.0 Å². The third-order valence-corrected chi connectivity index (χ3v) is 2.40. The van der Waals surface area contributed by atoms with Crippen LogP contribution in [0.15, 0.2) is 0 Å². The highest BCUT2D eigenvalue weighted by molar-refractivity contribution is 5.78. The molecular weight excluding hydrogens is 218 g/mol. The second-order valence-corrected chi connectivity index (χ2v) is 3.73. The first-order valence-corrected chi connectivity index (χ1v) is 5.54. The first-order valence-electron chi connectivity index (χ1n) is 5.54. The number of likely N-dealkylation sites (tertiary alicyclic amines) is 1. The Morgan fingerprint density at radius 3 is 2.69 bits per heavy atom. The summed E-state index contributed by atoms with van der Waals surface area (Å²) < 4.78 is 28.0. The molecule has 0 atom stereocenters. The van der Waals surface area contributed by atoms with Crippen LogP contribution < -0.4 is 5.32 Å². The topological polar surface area (TPSA) is 41.6 Å². The average molecular weight is 236 g/mol. The Balaban J connectivity index is 1.92. The van der Waals surface area contributed by atoms with Gasteiger partial charge in [-0.3, -0.25) is 4.79 Å². The van der Waals surface area contributed by atoms with E-state index in [9.17, 15) is 13.6 Å². The van der Waals surface area contributed by atoms with Gasteiger partial charge in [0.1, 0.15) is 6.61 Å². The average Bonchev–Trinajstić information content (AvgIpc) is 2.75.